The number of nitrogens with two attached hydrogens (primary N) is 1. The molecule has 1 aromatic heterocycles. The molecule has 0 fully saturated rings. The fourth-order valence-electron chi connectivity index (χ4n) is 1.27. The van der Waals surface area contributed by atoms with E-state index in [0.29, 0.717) is 22.3 Å². The number of hydrogen-bond acceptors (Lipinski definition) is 3. The SMILES string of the molecule is Cc1cccc(Oc2ccc(N)c(Cl)c2)n1. The van der Waals surface area contributed by atoms with Gasteiger partial charge in [-0.05, 0) is 25.1 Å². The van der Waals surface area contributed by atoms with Crippen molar-refractivity contribution in [2.24, 2.45) is 0 Å². The lowest BCUT2D eigenvalue weighted by Crippen LogP contribution is -1.91. The van der Waals surface area contributed by atoms with E-state index in [1.807, 2.05) is 19.1 Å². The van der Waals surface area contributed by atoms with Gasteiger partial charge in [-0.3, -0.25) is 0 Å². The van der Waals surface area contributed by atoms with Crippen LogP contribution in [-0.4, -0.2) is 4.98 Å². The minimum atomic E-state index is 0.477. The van der Waals surface area contributed by atoms with Gasteiger partial charge >= 0.3 is 0 Å². The van der Waals surface area contributed by atoms with Crippen molar-refractivity contribution in [2.75, 3.05) is 5.73 Å². The Balaban J connectivity index is 2.24. The van der Waals surface area contributed by atoms with Gasteiger partial charge in [-0.1, -0.05) is 17.7 Å². The van der Waals surface area contributed by atoms with Crippen molar-refractivity contribution in [1.82, 2.24) is 4.98 Å². The van der Waals surface area contributed by atoms with E-state index in [2.05, 4.69) is 4.98 Å². The van der Waals surface area contributed by atoms with Crippen LogP contribution in [0.3, 0.4) is 0 Å². The van der Waals surface area contributed by atoms with Crippen LogP contribution in [-0.2, 0) is 0 Å². The number of nitrogen functional groups attached to an aromatic ring is 1. The van der Waals surface area contributed by atoms with Crippen LogP contribution in [0.2, 0.25) is 5.02 Å². The van der Waals surface area contributed by atoms with Crippen molar-refractivity contribution in [3.05, 3.63) is 47.1 Å². The smallest absolute Gasteiger partial charge is 0.219 e. The van der Waals surface area contributed by atoms with Gasteiger partial charge in [0.25, 0.3) is 0 Å². The van der Waals surface area contributed by atoms with Crippen LogP contribution in [0.1, 0.15) is 5.69 Å². The Labute approximate surface area is 98.8 Å². The fourth-order valence-corrected chi connectivity index (χ4v) is 1.44. The monoisotopic (exact) mass is 234 g/mol. The van der Waals surface area contributed by atoms with Gasteiger partial charge in [-0.25, -0.2) is 4.98 Å². The molecule has 0 aliphatic carbocycles. The molecule has 3 nitrogen and oxygen atoms in total. The summed E-state index contributed by atoms with van der Waals surface area (Å²) < 4.78 is 5.54. The summed E-state index contributed by atoms with van der Waals surface area (Å²) in [6.45, 7) is 1.91. The molecule has 0 atom stereocenters. The average Bonchev–Trinajstić information content (AvgIpc) is 2.24. The highest BCUT2D eigenvalue weighted by Gasteiger charge is 2.01. The summed E-state index contributed by atoms with van der Waals surface area (Å²) in [4.78, 5) is 4.22. The maximum atomic E-state index is 5.89. The van der Waals surface area contributed by atoms with Gasteiger partial charge < -0.3 is 10.5 Å². The second-order valence-corrected chi connectivity index (χ2v) is 3.81. The summed E-state index contributed by atoms with van der Waals surface area (Å²) in [7, 11) is 0. The van der Waals surface area contributed by atoms with Crippen LogP contribution < -0.4 is 10.5 Å². The van der Waals surface area contributed by atoms with Crippen LogP contribution in [0.5, 0.6) is 11.6 Å². The van der Waals surface area contributed by atoms with E-state index in [1.165, 1.54) is 0 Å². The Morgan fingerprint density at radius 3 is 2.75 bits per heavy atom. The predicted octanol–water partition coefficient (Wildman–Crippen LogP) is 3.42. The van der Waals surface area contributed by atoms with E-state index >= 15 is 0 Å². The molecule has 0 radical (unpaired) electrons. The Hall–Kier alpha value is -1.74. The van der Waals surface area contributed by atoms with Crippen molar-refractivity contribution in [2.45, 2.75) is 6.92 Å². The first-order chi connectivity index (χ1) is 7.65. The Kier molecular flexibility index (Phi) is 2.97. The van der Waals surface area contributed by atoms with Crippen molar-refractivity contribution < 1.29 is 4.74 Å². The van der Waals surface area contributed by atoms with Crippen LogP contribution in [0, 0.1) is 6.92 Å². The highest BCUT2D eigenvalue weighted by atomic mass is 35.5. The van der Waals surface area contributed by atoms with Gasteiger partial charge in [0, 0.05) is 17.8 Å². The molecule has 82 valence electrons. The van der Waals surface area contributed by atoms with Crippen molar-refractivity contribution in [3.8, 4) is 11.6 Å². The van der Waals surface area contributed by atoms with E-state index in [-0.39, 0.29) is 0 Å². The molecule has 2 N–H and O–H groups in total. The van der Waals surface area contributed by atoms with Gasteiger partial charge in [-0.2, -0.15) is 0 Å². The zero-order chi connectivity index (χ0) is 11.5. The first-order valence-corrected chi connectivity index (χ1v) is 5.19. The lowest BCUT2D eigenvalue weighted by molar-refractivity contribution is 0.462. The molecule has 0 amide bonds. The lowest BCUT2D eigenvalue weighted by atomic mass is 10.3. The third-order valence-electron chi connectivity index (χ3n) is 2.06. The number of benzene rings is 1. The quantitative estimate of drug-likeness (QED) is 0.810. The average molecular weight is 235 g/mol. The molecule has 16 heavy (non-hydrogen) atoms. The zero-order valence-electron chi connectivity index (χ0n) is 8.77. The second kappa shape index (κ2) is 4.41. The van der Waals surface area contributed by atoms with E-state index in [9.17, 15) is 0 Å². The zero-order valence-corrected chi connectivity index (χ0v) is 9.53. The number of halogens is 1. The van der Waals surface area contributed by atoms with Gasteiger partial charge in [0.05, 0.1) is 10.7 Å². The standard InChI is InChI=1S/C12H11ClN2O/c1-8-3-2-4-12(15-8)16-9-5-6-11(14)10(13)7-9/h2-7H,14H2,1H3. The summed E-state index contributed by atoms with van der Waals surface area (Å²) in [6.07, 6.45) is 0. The highest BCUT2D eigenvalue weighted by Crippen LogP contribution is 2.27. The van der Waals surface area contributed by atoms with E-state index in [0.717, 1.165) is 5.69 Å². The summed E-state index contributed by atoms with van der Waals surface area (Å²) in [6, 6.07) is 10.7. The van der Waals surface area contributed by atoms with Gasteiger partial charge in [-0.15, -0.1) is 0 Å². The van der Waals surface area contributed by atoms with Crippen molar-refractivity contribution in [1.29, 1.82) is 0 Å². The lowest BCUT2D eigenvalue weighted by Gasteiger charge is -2.06. The summed E-state index contributed by atoms with van der Waals surface area (Å²) in [5.74, 6) is 1.16. The maximum Gasteiger partial charge on any atom is 0.219 e. The number of aromatic nitrogens is 1. The summed E-state index contributed by atoms with van der Waals surface area (Å²) in [5.41, 5.74) is 7.04. The van der Waals surface area contributed by atoms with Crippen LogP contribution in [0.4, 0.5) is 5.69 Å². The molecule has 0 aliphatic heterocycles. The largest absolute Gasteiger partial charge is 0.439 e. The molecule has 1 aromatic carbocycles. The minimum Gasteiger partial charge on any atom is -0.439 e. The number of nitrogens with zero attached hydrogens (tertiary/aromatic N) is 1. The first kappa shape index (κ1) is 10.8. The van der Waals surface area contributed by atoms with Gasteiger partial charge in [0.1, 0.15) is 5.75 Å². The molecule has 1 heterocycles. The normalized spacial score (nSPS) is 10.1. The number of anilines is 1. The first-order valence-electron chi connectivity index (χ1n) is 4.82. The van der Waals surface area contributed by atoms with E-state index in [1.54, 1.807) is 24.3 Å². The van der Waals surface area contributed by atoms with E-state index in [4.69, 9.17) is 22.1 Å². The highest BCUT2D eigenvalue weighted by molar-refractivity contribution is 6.33. The van der Waals surface area contributed by atoms with Crippen LogP contribution >= 0.6 is 11.6 Å². The summed E-state index contributed by atoms with van der Waals surface area (Å²) in [5, 5.41) is 0.477. The maximum absolute atomic E-state index is 5.89. The molecule has 0 saturated carbocycles. The Morgan fingerprint density at radius 2 is 2.06 bits per heavy atom. The number of ether oxygens (including phenoxy) is 1. The Bertz CT molecular complexity index is 514. The predicted molar refractivity (Wildman–Crippen MR) is 64.9 cm³/mol. The molecule has 2 aromatic rings. The number of rotatable bonds is 2. The number of hydrogen-bond donors (Lipinski definition) is 1. The fraction of sp³-hybridized carbons (Fsp3) is 0.0833. The molecule has 0 spiro atoms. The van der Waals surface area contributed by atoms with Crippen molar-refractivity contribution in [3.63, 3.8) is 0 Å². The van der Waals surface area contributed by atoms with Crippen LogP contribution in [0.15, 0.2) is 36.4 Å². The van der Waals surface area contributed by atoms with Crippen LogP contribution in [0.25, 0.3) is 0 Å². The topological polar surface area (TPSA) is 48.1 Å². The van der Waals surface area contributed by atoms with E-state index < -0.39 is 0 Å². The summed E-state index contributed by atoms with van der Waals surface area (Å²) >= 11 is 5.89. The second-order valence-electron chi connectivity index (χ2n) is 3.40. The molecular formula is C12H11ClN2O. The molecular weight excluding hydrogens is 224 g/mol. The molecule has 0 bridgehead atoms. The third kappa shape index (κ3) is 2.44. The molecule has 4 heteroatoms. The van der Waals surface area contributed by atoms with Crippen molar-refractivity contribution >= 4 is 17.3 Å². The minimum absolute atomic E-state index is 0.477. The molecule has 0 aliphatic rings. The molecule has 0 unspecified atom stereocenters. The number of pyridine rings is 1. The molecule has 2 rings (SSSR count). The van der Waals surface area contributed by atoms with Gasteiger partial charge in [0.15, 0.2) is 0 Å². The molecule has 0 saturated heterocycles. The number of aryl methyl sites for hydroxylation is 1. The third-order valence-corrected chi connectivity index (χ3v) is 2.38. The van der Waals surface area contributed by atoms with Gasteiger partial charge in [0.2, 0.25) is 5.88 Å². The Morgan fingerprint density at radius 1 is 1.25 bits per heavy atom.